The van der Waals surface area contributed by atoms with Crippen molar-refractivity contribution in [2.75, 3.05) is 0 Å². The van der Waals surface area contributed by atoms with Crippen molar-refractivity contribution in [1.82, 2.24) is 8.58 Å². The zero-order chi connectivity index (χ0) is 15.3. The van der Waals surface area contributed by atoms with Crippen LogP contribution in [0.15, 0.2) is 24.3 Å². The molecule has 0 aliphatic heterocycles. The monoisotopic (exact) mass is 364 g/mol. The first-order valence-electron chi connectivity index (χ1n) is 4.96. The van der Waals surface area contributed by atoms with Gasteiger partial charge in [-0.3, -0.25) is 3.59 Å². The Labute approximate surface area is 115 Å². The van der Waals surface area contributed by atoms with Gasteiger partial charge in [0.05, 0.1) is 27.2 Å². The third kappa shape index (κ3) is 1.97. The Hall–Kier alpha value is -1.32. The zero-order valence-corrected chi connectivity index (χ0v) is 10.8. The standard InChI is InChI=1S/C10H4BrF7N2/c11-20-6-4-2-1-3-5(6)19-7(20)8(12,13)9(14,15)10(16,17)18/h1-4H. The predicted molar refractivity (Wildman–Crippen MR) is 59.0 cm³/mol. The van der Waals surface area contributed by atoms with E-state index in [0.29, 0.717) is 3.59 Å². The molecule has 20 heavy (non-hydrogen) atoms. The van der Waals surface area contributed by atoms with Crippen molar-refractivity contribution >= 4 is 27.2 Å². The lowest BCUT2D eigenvalue weighted by molar-refractivity contribution is -0.361. The second-order valence-corrected chi connectivity index (χ2v) is 4.56. The number of nitrogens with zero attached hydrogens (tertiary/aromatic N) is 2. The Bertz CT molecular complexity index is 647. The van der Waals surface area contributed by atoms with Gasteiger partial charge in [-0.05, 0) is 12.1 Å². The van der Waals surface area contributed by atoms with Gasteiger partial charge in [0.25, 0.3) is 0 Å². The van der Waals surface area contributed by atoms with E-state index in [-0.39, 0.29) is 11.0 Å². The Morgan fingerprint density at radius 3 is 2.00 bits per heavy atom. The van der Waals surface area contributed by atoms with Crippen LogP contribution in [0, 0.1) is 0 Å². The van der Waals surface area contributed by atoms with E-state index >= 15 is 0 Å². The van der Waals surface area contributed by atoms with Crippen molar-refractivity contribution in [3.8, 4) is 0 Å². The highest BCUT2D eigenvalue weighted by Crippen LogP contribution is 2.52. The number of benzene rings is 1. The maximum atomic E-state index is 13.5. The van der Waals surface area contributed by atoms with Crippen molar-refractivity contribution in [3.05, 3.63) is 30.1 Å². The molecule has 0 bridgehead atoms. The number of alkyl halides is 7. The highest BCUT2D eigenvalue weighted by molar-refractivity contribution is 9.08. The lowest BCUT2D eigenvalue weighted by Gasteiger charge is -2.27. The Balaban J connectivity index is 2.66. The molecule has 2 nitrogen and oxygen atoms in total. The summed E-state index contributed by atoms with van der Waals surface area (Å²) in [5.74, 6) is -13.5. The average Bonchev–Trinajstić information content (AvgIpc) is 2.66. The number of hydrogen-bond acceptors (Lipinski definition) is 1. The highest BCUT2D eigenvalue weighted by atomic mass is 79.9. The highest BCUT2D eigenvalue weighted by Gasteiger charge is 2.75. The molecule has 0 aliphatic carbocycles. The molecule has 0 atom stereocenters. The van der Waals surface area contributed by atoms with Crippen molar-refractivity contribution in [2.45, 2.75) is 18.0 Å². The predicted octanol–water partition coefficient (Wildman–Crippen LogP) is 4.48. The smallest absolute Gasteiger partial charge is 0.257 e. The number of fused-ring (bicyclic) bond motifs is 1. The molecule has 1 heterocycles. The van der Waals surface area contributed by atoms with E-state index in [1.807, 2.05) is 0 Å². The first kappa shape index (κ1) is 15.1. The van der Waals surface area contributed by atoms with Gasteiger partial charge in [-0.2, -0.15) is 30.7 Å². The molecular formula is C10H4BrF7N2. The van der Waals surface area contributed by atoms with Gasteiger partial charge in [0, 0.05) is 0 Å². The first-order valence-corrected chi connectivity index (χ1v) is 5.67. The topological polar surface area (TPSA) is 17.8 Å². The molecule has 0 unspecified atom stereocenters. The van der Waals surface area contributed by atoms with Crippen LogP contribution in [0.4, 0.5) is 30.7 Å². The normalized spacial score (nSPS) is 14.0. The summed E-state index contributed by atoms with van der Waals surface area (Å²) < 4.78 is 89.7. The third-order valence-electron chi connectivity index (χ3n) is 2.54. The van der Waals surface area contributed by atoms with Gasteiger partial charge in [0.2, 0.25) is 0 Å². The lowest BCUT2D eigenvalue weighted by atomic mass is 10.1. The van der Waals surface area contributed by atoms with Crippen LogP contribution in [-0.4, -0.2) is 20.7 Å². The van der Waals surface area contributed by atoms with Crippen LogP contribution in [0.2, 0.25) is 0 Å². The minimum atomic E-state index is -6.40. The van der Waals surface area contributed by atoms with Crippen LogP contribution in [0.5, 0.6) is 0 Å². The van der Waals surface area contributed by atoms with Crippen LogP contribution >= 0.6 is 16.1 Å². The molecule has 110 valence electrons. The van der Waals surface area contributed by atoms with Gasteiger partial charge in [-0.25, -0.2) is 4.98 Å². The fraction of sp³-hybridized carbons (Fsp3) is 0.300. The molecule has 0 saturated carbocycles. The van der Waals surface area contributed by atoms with E-state index in [1.54, 1.807) is 0 Å². The fourth-order valence-electron chi connectivity index (χ4n) is 1.51. The van der Waals surface area contributed by atoms with Crippen molar-refractivity contribution in [3.63, 3.8) is 0 Å². The summed E-state index contributed by atoms with van der Waals surface area (Å²) in [5.41, 5.74) is -0.197. The maximum Gasteiger partial charge on any atom is 0.460 e. The second-order valence-electron chi connectivity index (χ2n) is 3.85. The quantitative estimate of drug-likeness (QED) is 0.718. The van der Waals surface area contributed by atoms with Crippen LogP contribution in [0.25, 0.3) is 11.0 Å². The molecule has 2 rings (SSSR count). The van der Waals surface area contributed by atoms with E-state index < -0.39 is 23.8 Å². The summed E-state index contributed by atoms with van der Waals surface area (Å²) in [4.78, 5) is 3.15. The fourth-order valence-corrected chi connectivity index (χ4v) is 2.11. The van der Waals surface area contributed by atoms with Crippen molar-refractivity contribution in [2.24, 2.45) is 0 Å². The Morgan fingerprint density at radius 2 is 1.50 bits per heavy atom. The Kier molecular flexibility index (Phi) is 3.27. The van der Waals surface area contributed by atoms with Gasteiger partial charge >= 0.3 is 18.0 Å². The Morgan fingerprint density at radius 1 is 0.950 bits per heavy atom. The molecule has 1 aromatic heterocycles. The van der Waals surface area contributed by atoms with Crippen LogP contribution in [-0.2, 0) is 5.92 Å². The molecule has 0 radical (unpaired) electrons. The van der Waals surface area contributed by atoms with Crippen LogP contribution in [0.3, 0.4) is 0 Å². The number of imidazole rings is 1. The molecule has 0 N–H and O–H groups in total. The first-order chi connectivity index (χ1) is 9.00. The lowest BCUT2D eigenvalue weighted by Crippen LogP contribution is -2.50. The average molecular weight is 365 g/mol. The zero-order valence-electron chi connectivity index (χ0n) is 9.23. The SMILES string of the molecule is FC(F)(F)C(F)(F)C(F)(F)c1nc2ccccc2n1Br. The molecule has 2 aromatic rings. The molecule has 0 amide bonds. The van der Waals surface area contributed by atoms with E-state index in [0.717, 1.165) is 0 Å². The van der Waals surface area contributed by atoms with E-state index in [9.17, 15) is 30.7 Å². The summed E-state index contributed by atoms with van der Waals surface area (Å²) >= 11 is 2.52. The van der Waals surface area contributed by atoms with E-state index in [4.69, 9.17) is 0 Å². The van der Waals surface area contributed by atoms with Gasteiger partial charge < -0.3 is 0 Å². The van der Waals surface area contributed by atoms with Crippen LogP contribution < -0.4 is 0 Å². The largest absolute Gasteiger partial charge is 0.460 e. The number of halogens is 8. The number of aromatic nitrogens is 2. The molecule has 0 aliphatic rings. The number of hydrogen-bond donors (Lipinski definition) is 0. The van der Waals surface area contributed by atoms with Crippen LogP contribution in [0.1, 0.15) is 5.82 Å². The van der Waals surface area contributed by atoms with E-state index in [1.165, 1.54) is 24.3 Å². The second kappa shape index (κ2) is 4.34. The number of para-hydroxylation sites is 2. The molecule has 0 saturated heterocycles. The molecular weight excluding hydrogens is 361 g/mol. The minimum Gasteiger partial charge on any atom is -0.257 e. The summed E-state index contributed by atoms with van der Waals surface area (Å²) in [7, 11) is 0. The van der Waals surface area contributed by atoms with Crippen molar-refractivity contribution in [1.29, 1.82) is 0 Å². The summed E-state index contributed by atoms with van der Waals surface area (Å²) in [6.45, 7) is 0. The molecule has 0 fully saturated rings. The summed E-state index contributed by atoms with van der Waals surface area (Å²) in [6, 6.07) is 5.22. The van der Waals surface area contributed by atoms with Gasteiger partial charge in [-0.15, -0.1) is 0 Å². The van der Waals surface area contributed by atoms with E-state index in [2.05, 4.69) is 21.1 Å². The molecule has 10 heteroatoms. The minimum absolute atomic E-state index is 0.0554. The summed E-state index contributed by atoms with van der Waals surface area (Å²) in [6.07, 6.45) is -6.40. The molecule has 1 aromatic carbocycles. The summed E-state index contributed by atoms with van der Waals surface area (Å²) in [5, 5.41) is 0. The van der Waals surface area contributed by atoms with Gasteiger partial charge in [0.1, 0.15) is 0 Å². The van der Waals surface area contributed by atoms with Gasteiger partial charge in [-0.1, -0.05) is 12.1 Å². The third-order valence-corrected chi connectivity index (χ3v) is 3.25. The van der Waals surface area contributed by atoms with Gasteiger partial charge in [0.15, 0.2) is 5.82 Å². The van der Waals surface area contributed by atoms with Crippen molar-refractivity contribution < 1.29 is 30.7 Å². The number of rotatable bonds is 2. The maximum absolute atomic E-state index is 13.5. The molecule has 0 spiro atoms.